The molecule has 94 valence electrons. The van der Waals surface area contributed by atoms with Gasteiger partial charge in [0, 0.05) is 24.0 Å². The number of nitrogens with zero attached hydrogens (tertiary/aromatic N) is 1. The van der Waals surface area contributed by atoms with Gasteiger partial charge in [-0.05, 0) is 30.4 Å². The topological polar surface area (TPSA) is 58.4 Å². The van der Waals surface area contributed by atoms with Gasteiger partial charge in [-0.2, -0.15) is 0 Å². The van der Waals surface area contributed by atoms with Crippen LogP contribution < -0.4 is 11.3 Å². The molecule has 2 unspecified atom stereocenters. The smallest absolute Gasteiger partial charge is 0.238 e. The van der Waals surface area contributed by atoms with Crippen molar-refractivity contribution in [2.45, 2.75) is 32.9 Å². The van der Waals surface area contributed by atoms with Gasteiger partial charge >= 0.3 is 0 Å². The molecule has 1 amide bonds. The highest BCUT2D eigenvalue weighted by molar-refractivity contribution is 7.10. The molecule has 3 N–H and O–H groups in total. The van der Waals surface area contributed by atoms with E-state index in [2.05, 4.69) is 28.7 Å². The fraction of sp³-hybridized carbons (Fsp3) is 0.583. The van der Waals surface area contributed by atoms with Gasteiger partial charge in [0.15, 0.2) is 0 Å². The maximum Gasteiger partial charge on any atom is 0.238 e. The number of fused-ring (bicyclic) bond motifs is 1. The Labute approximate surface area is 106 Å². The van der Waals surface area contributed by atoms with Crippen molar-refractivity contribution in [2.75, 3.05) is 6.54 Å². The SMILES string of the molecule is CC(C(=O)NN)C(C)N1CCc2sccc2C1. The molecule has 0 saturated heterocycles. The second kappa shape index (κ2) is 5.16. The van der Waals surface area contributed by atoms with Crippen LogP contribution >= 0.6 is 11.3 Å². The molecule has 0 saturated carbocycles. The lowest BCUT2D eigenvalue weighted by Crippen LogP contribution is -2.47. The summed E-state index contributed by atoms with van der Waals surface area (Å²) < 4.78 is 0. The van der Waals surface area contributed by atoms with Crippen LogP contribution in [-0.2, 0) is 17.8 Å². The first-order chi connectivity index (χ1) is 8.13. The van der Waals surface area contributed by atoms with Gasteiger partial charge in [-0.1, -0.05) is 6.92 Å². The van der Waals surface area contributed by atoms with E-state index in [0.717, 1.165) is 19.5 Å². The van der Waals surface area contributed by atoms with Crippen molar-refractivity contribution in [3.8, 4) is 0 Å². The quantitative estimate of drug-likeness (QED) is 0.482. The maximum absolute atomic E-state index is 11.5. The third-order valence-corrected chi connectivity index (χ3v) is 4.72. The van der Waals surface area contributed by atoms with Crippen LogP contribution in [0.4, 0.5) is 0 Å². The zero-order chi connectivity index (χ0) is 12.4. The summed E-state index contributed by atoms with van der Waals surface area (Å²) in [5, 5.41) is 2.15. The minimum Gasteiger partial charge on any atom is -0.295 e. The van der Waals surface area contributed by atoms with E-state index in [1.165, 1.54) is 10.4 Å². The van der Waals surface area contributed by atoms with Gasteiger partial charge < -0.3 is 0 Å². The van der Waals surface area contributed by atoms with Gasteiger partial charge in [0.05, 0.1) is 5.92 Å². The van der Waals surface area contributed by atoms with E-state index < -0.39 is 0 Å². The van der Waals surface area contributed by atoms with Crippen LogP contribution in [-0.4, -0.2) is 23.4 Å². The molecule has 0 radical (unpaired) electrons. The van der Waals surface area contributed by atoms with E-state index in [9.17, 15) is 4.79 Å². The summed E-state index contributed by atoms with van der Waals surface area (Å²) in [6.07, 6.45) is 1.09. The summed E-state index contributed by atoms with van der Waals surface area (Å²) in [6, 6.07) is 2.40. The fourth-order valence-corrected chi connectivity index (χ4v) is 3.17. The number of rotatable bonds is 3. The van der Waals surface area contributed by atoms with Crippen molar-refractivity contribution < 1.29 is 4.79 Å². The normalized spacial score (nSPS) is 19.5. The van der Waals surface area contributed by atoms with Crippen molar-refractivity contribution in [3.63, 3.8) is 0 Å². The number of hydrogen-bond acceptors (Lipinski definition) is 4. The van der Waals surface area contributed by atoms with E-state index >= 15 is 0 Å². The number of hydrogen-bond donors (Lipinski definition) is 2. The average Bonchev–Trinajstić information content (AvgIpc) is 2.83. The van der Waals surface area contributed by atoms with Crippen molar-refractivity contribution in [1.82, 2.24) is 10.3 Å². The Morgan fingerprint density at radius 2 is 2.35 bits per heavy atom. The van der Waals surface area contributed by atoms with Gasteiger partial charge in [-0.3, -0.25) is 15.1 Å². The van der Waals surface area contributed by atoms with Gasteiger partial charge in [0.1, 0.15) is 0 Å². The highest BCUT2D eigenvalue weighted by Crippen LogP contribution is 2.26. The standard InChI is InChI=1S/C12H19N3OS/c1-8(12(16)14-13)9(2)15-5-3-11-10(7-15)4-6-17-11/h4,6,8-9H,3,5,7,13H2,1-2H3,(H,14,16). The van der Waals surface area contributed by atoms with Crippen LogP contribution in [0.1, 0.15) is 24.3 Å². The molecule has 1 aromatic heterocycles. The first-order valence-electron chi connectivity index (χ1n) is 5.93. The van der Waals surface area contributed by atoms with Crippen molar-refractivity contribution in [1.29, 1.82) is 0 Å². The Hall–Kier alpha value is -0.910. The summed E-state index contributed by atoms with van der Waals surface area (Å²) in [6.45, 7) is 5.99. The third kappa shape index (κ3) is 2.51. The molecule has 17 heavy (non-hydrogen) atoms. The molecule has 2 rings (SSSR count). The lowest BCUT2D eigenvalue weighted by atomic mass is 9.98. The minimum absolute atomic E-state index is 0.0832. The largest absolute Gasteiger partial charge is 0.295 e. The molecule has 4 nitrogen and oxygen atoms in total. The van der Waals surface area contributed by atoms with E-state index in [1.807, 2.05) is 18.3 Å². The second-order valence-corrected chi connectivity index (χ2v) is 5.63. The minimum atomic E-state index is -0.0892. The first kappa shape index (κ1) is 12.5. The van der Waals surface area contributed by atoms with E-state index in [4.69, 9.17) is 5.84 Å². The van der Waals surface area contributed by atoms with E-state index in [0.29, 0.717) is 0 Å². The van der Waals surface area contributed by atoms with Crippen molar-refractivity contribution >= 4 is 17.2 Å². The second-order valence-electron chi connectivity index (χ2n) is 4.63. The summed E-state index contributed by atoms with van der Waals surface area (Å²) in [4.78, 5) is 15.4. The molecule has 0 fully saturated rings. The number of carbonyl (C=O) groups excluding carboxylic acids is 1. The monoisotopic (exact) mass is 253 g/mol. The Kier molecular flexibility index (Phi) is 3.81. The molecule has 0 aliphatic carbocycles. The summed E-state index contributed by atoms with van der Waals surface area (Å²) >= 11 is 1.83. The fourth-order valence-electron chi connectivity index (χ4n) is 2.28. The molecule has 0 spiro atoms. The number of hydrazine groups is 1. The van der Waals surface area contributed by atoms with Gasteiger partial charge in [0.25, 0.3) is 0 Å². The van der Waals surface area contributed by atoms with Gasteiger partial charge in [-0.15, -0.1) is 11.3 Å². The number of amides is 1. The third-order valence-electron chi connectivity index (χ3n) is 3.69. The van der Waals surface area contributed by atoms with Crippen LogP contribution in [0.5, 0.6) is 0 Å². The number of nitrogens with one attached hydrogen (secondary N) is 1. The van der Waals surface area contributed by atoms with Crippen molar-refractivity contribution in [2.24, 2.45) is 11.8 Å². The highest BCUT2D eigenvalue weighted by Gasteiger charge is 2.28. The molecule has 0 bridgehead atoms. The number of thiophene rings is 1. The lowest BCUT2D eigenvalue weighted by Gasteiger charge is -2.35. The van der Waals surface area contributed by atoms with Crippen LogP contribution in [0, 0.1) is 5.92 Å². The Morgan fingerprint density at radius 1 is 1.59 bits per heavy atom. The summed E-state index contributed by atoms with van der Waals surface area (Å²) in [5.74, 6) is 5.01. The summed E-state index contributed by atoms with van der Waals surface area (Å²) in [7, 11) is 0. The van der Waals surface area contributed by atoms with Crippen LogP contribution in [0.25, 0.3) is 0 Å². The Morgan fingerprint density at radius 3 is 3.06 bits per heavy atom. The van der Waals surface area contributed by atoms with Gasteiger partial charge in [0.2, 0.25) is 5.91 Å². The molecule has 1 aliphatic heterocycles. The van der Waals surface area contributed by atoms with E-state index in [1.54, 1.807) is 0 Å². The molecular formula is C12H19N3OS. The Balaban J connectivity index is 2.03. The predicted molar refractivity (Wildman–Crippen MR) is 69.4 cm³/mol. The van der Waals surface area contributed by atoms with Crippen molar-refractivity contribution in [3.05, 3.63) is 21.9 Å². The lowest BCUT2D eigenvalue weighted by molar-refractivity contribution is -0.126. The Bertz CT molecular complexity index is 404. The average molecular weight is 253 g/mol. The molecule has 1 aliphatic rings. The zero-order valence-corrected chi connectivity index (χ0v) is 11.1. The molecule has 5 heteroatoms. The zero-order valence-electron chi connectivity index (χ0n) is 10.3. The molecular weight excluding hydrogens is 234 g/mol. The van der Waals surface area contributed by atoms with Crippen LogP contribution in [0.3, 0.4) is 0 Å². The first-order valence-corrected chi connectivity index (χ1v) is 6.81. The highest BCUT2D eigenvalue weighted by atomic mass is 32.1. The van der Waals surface area contributed by atoms with Gasteiger partial charge in [-0.25, -0.2) is 5.84 Å². The summed E-state index contributed by atoms with van der Waals surface area (Å²) in [5.41, 5.74) is 3.65. The predicted octanol–water partition coefficient (Wildman–Crippen LogP) is 1.12. The maximum atomic E-state index is 11.5. The van der Waals surface area contributed by atoms with Crippen LogP contribution in [0.2, 0.25) is 0 Å². The number of nitrogens with two attached hydrogens (primary N) is 1. The molecule has 2 heterocycles. The van der Waals surface area contributed by atoms with E-state index in [-0.39, 0.29) is 17.9 Å². The molecule has 1 aromatic rings. The van der Waals surface area contributed by atoms with Crippen LogP contribution in [0.15, 0.2) is 11.4 Å². The number of carbonyl (C=O) groups is 1. The molecule has 2 atom stereocenters. The molecule has 0 aromatic carbocycles.